The Morgan fingerprint density at radius 1 is 1.25 bits per heavy atom. The summed E-state index contributed by atoms with van der Waals surface area (Å²) in [4.78, 5) is 26.7. The highest BCUT2D eigenvalue weighted by Crippen LogP contribution is 2.24. The molecule has 0 bridgehead atoms. The molecule has 0 spiro atoms. The standard InChI is InChI=1S/C18H22N4O5S/c1-4-27-18(24)16-14-11-22(10-9-15(14)21(2)19-16)17(23)12-5-7-13(8-6-12)20-28(3,25)26/h5-8,20H,4,9-11H2,1-3H3. The number of nitrogens with one attached hydrogen (secondary N) is 1. The van der Waals surface area contributed by atoms with Gasteiger partial charge in [0.2, 0.25) is 10.0 Å². The number of fused-ring (bicyclic) bond motifs is 1. The van der Waals surface area contributed by atoms with E-state index in [2.05, 4.69) is 9.82 Å². The van der Waals surface area contributed by atoms with E-state index in [9.17, 15) is 18.0 Å². The molecular formula is C18H22N4O5S. The topological polar surface area (TPSA) is 111 Å². The van der Waals surface area contributed by atoms with Crippen LogP contribution in [-0.4, -0.2) is 54.4 Å². The summed E-state index contributed by atoms with van der Waals surface area (Å²) in [6.07, 6.45) is 1.64. The van der Waals surface area contributed by atoms with Crippen molar-refractivity contribution in [2.24, 2.45) is 7.05 Å². The van der Waals surface area contributed by atoms with Crippen LogP contribution >= 0.6 is 0 Å². The molecule has 0 aliphatic carbocycles. The minimum absolute atomic E-state index is 0.199. The Balaban J connectivity index is 1.80. The van der Waals surface area contributed by atoms with Crippen LogP contribution in [0.4, 0.5) is 5.69 Å². The van der Waals surface area contributed by atoms with E-state index in [0.29, 0.717) is 29.8 Å². The molecule has 2 aromatic rings. The van der Waals surface area contributed by atoms with Crippen molar-refractivity contribution in [2.45, 2.75) is 19.9 Å². The number of carbonyl (C=O) groups is 2. The first-order valence-electron chi connectivity index (χ1n) is 8.78. The molecule has 0 unspecified atom stereocenters. The van der Waals surface area contributed by atoms with Crippen LogP contribution in [0.2, 0.25) is 0 Å². The number of esters is 1. The Kier molecular flexibility index (Phi) is 5.41. The molecule has 9 nitrogen and oxygen atoms in total. The molecule has 150 valence electrons. The number of aryl methyl sites for hydroxylation is 1. The van der Waals surface area contributed by atoms with Crippen LogP contribution in [0.1, 0.15) is 39.0 Å². The van der Waals surface area contributed by atoms with E-state index >= 15 is 0 Å². The number of nitrogens with zero attached hydrogens (tertiary/aromatic N) is 3. The highest BCUT2D eigenvalue weighted by molar-refractivity contribution is 7.92. The van der Waals surface area contributed by atoms with Gasteiger partial charge in [-0.05, 0) is 31.2 Å². The number of rotatable bonds is 5. The lowest BCUT2D eigenvalue weighted by atomic mass is 10.0. The van der Waals surface area contributed by atoms with Gasteiger partial charge in [-0.3, -0.25) is 14.2 Å². The molecule has 28 heavy (non-hydrogen) atoms. The third kappa shape index (κ3) is 4.16. The lowest BCUT2D eigenvalue weighted by Gasteiger charge is -2.27. The maximum atomic E-state index is 12.9. The van der Waals surface area contributed by atoms with E-state index in [-0.39, 0.29) is 24.8 Å². The molecule has 0 fully saturated rings. The maximum Gasteiger partial charge on any atom is 0.359 e. The van der Waals surface area contributed by atoms with Crippen LogP contribution in [0.25, 0.3) is 0 Å². The monoisotopic (exact) mass is 406 g/mol. The zero-order chi connectivity index (χ0) is 20.5. The number of amides is 1. The van der Waals surface area contributed by atoms with Gasteiger partial charge in [0, 0.05) is 42.5 Å². The summed E-state index contributed by atoms with van der Waals surface area (Å²) in [5.74, 6) is -0.694. The van der Waals surface area contributed by atoms with Gasteiger partial charge in [0.1, 0.15) is 0 Å². The highest BCUT2D eigenvalue weighted by atomic mass is 32.2. The summed E-state index contributed by atoms with van der Waals surface area (Å²) in [6, 6.07) is 6.22. The molecule has 0 saturated carbocycles. The zero-order valence-electron chi connectivity index (χ0n) is 15.9. The Labute approximate surface area is 163 Å². The summed E-state index contributed by atoms with van der Waals surface area (Å²) in [7, 11) is -1.61. The van der Waals surface area contributed by atoms with Crippen LogP contribution < -0.4 is 4.72 Å². The molecule has 1 aromatic carbocycles. The van der Waals surface area contributed by atoms with E-state index in [1.165, 1.54) is 12.1 Å². The molecular weight excluding hydrogens is 384 g/mol. The molecule has 1 aromatic heterocycles. The number of benzene rings is 1. The van der Waals surface area contributed by atoms with Crippen molar-refractivity contribution in [3.05, 3.63) is 46.8 Å². The number of ether oxygens (including phenoxy) is 1. The first kappa shape index (κ1) is 19.9. The summed E-state index contributed by atoms with van der Waals surface area (Å²) in [5.41, 5.74) is 2.68. The largest absolute Gasteiger partial charge is 0.461 e. The van der Waals surface area contributed by atoms with E-state index in [4.69, 9.17) is 4.74 Å². The fraction of sp³-hybridized carbons (Fsp3) is 0.389. The predicted octanol–water partition coefficient (Wildman–Crippen LogP) is 1.17. The molecule has 0 radical (unpaired) electrons. The summed E-state index contributed by atoms with van der Waals surface area (Å²) in [5, 5.41) is 4.26. The number of hydrogen-bond acceptors (Lipinski definition) is 6. The molecule has 0 saturated heterocycles. The molecule has 1 aliphatic rings. The molecule has 0 atom stereocenters. The predicted molar refractivity (Wildman–Crippen MR) is 103 cm³/mol. The first-order valence-corrected chi connectivity index (χ1v) is 10.7. The lowest BCUT2D eigenvalue weighted by Crippen LogP contribution is -2.36. The van der Waals surface area contributed by atoms with Crippen molar-refractivity contribution in [3.63, 3.8) is 0 Å². The second-order valence-electron chi connectivity index (χ2n) is 6.55. The molecule has 2 heterocycles. The molecule has 10 heteroatoms. The number of sulfonamides is 1. The Morgan fingerprint density at radius 3 is 2.54 bits per heavy atom. The van der Waals surface area contributed by atoms with Crippen molar-refractivity contribution in [3.8, 4) is 0 Å². The van der Waals surface area contributed by atoms with Gasteiger partial charge in [0.15, 0.2) is 5.69 Å². The van der Waals surface area contributed by atoms with E-state index in [0.717, 1.165) is 11.9 Å². The summed E-state index contributed by atoms with van der Waals surface area (Å²) < 4.78 is 31.7. The number of hydrogen-bond donors (Lipinski definition) is 1. The third-order valence-corrected chi connectivity index (χ3v) is 5.04. The molecule has 1 aliphatic heterocycles. The quantitative estimate of drug-likeness (QED) is 0.746. The summed E-state index contributed by atoms with van der Waals surface area (Å²) >= 11 is 0. The normalized spacial score (nSPS) is 13.8. The average molecular weight is 406 g/mol. The second-order valence-corrected chi connectivity index (χ2v) is 8.29. The van der Waals surface area contributed by atoms with Crippen molar-refractivity contribution >= 4 is 27.6 Å². The van der Waals surface area contributed by atoms with Crippen molar-refractivity contribution in [1.82, 2.24) is 14.7 Å². The van der Waals surface area contributed by atoms with E-state index < -0.39 is 16.0 Å². The van der Waals surface area contributed by atoms with Gasteiger partial charge in [0.25, 0.3) is 5.91 Å². The second kappa shape index (κ2) is 7.63. The molecule has 3 rings (SSSR count). The minimum Gasteiger partial charge on any atom is -0.461 e. The van der Waals surface area contributed by atoms with Gasteiger partial charge in [-0.2, -0.15) is 5.10 Å². The molecule has 1 N–H and O–H groups in total. The number of aromatic nitrogens is 2. The highest BCUT2D eigenvalue weighted by Gasteiger charge is 2.30. The Hall–Kier alpha value is -2.88. The summed E-state index contributed by atoms with van der Waals surface area (Å²) in [6.45, 7) is 2.74. The smallest absolute Gasteiger partial charge is 0.359 e. The van der Waals surface area contributed by atoms with Crippen LogP contribution in [0.15, 0.2) is 24.3 Å². The maximum absolute atomic E-state index is 12.9. The van der Waals surface area contributed by atoms with E-state index in [1.54, 1.807) is 35.7 Å². The molecule has 1 amide bonds. The van der Waals surface area contributed by atoms with Gasteiger partial charge >= 0.3 is 5.97 Å². The fourth-order valence-electron chi connectivity index (χ4n) is 3.21. The van der Waals surface area contributed by atoms with Gasteiger partial charge in [-0.1, -0.05) is 0 Å². The van der Waals surface area contributed by atoms with Gasteiger partial charge < -0.3 is 9.64 Å². The fourth-order valence-corrected chi connectivity index (χ4v) is 3.77. The number of carbonyl (C=O) groups excluding carboxylic acids is 2. The number of anilines is 1. The Morgan fingerprint density at radius 2 is 1.93 bits per heavy atom. The third-order valence-electron chi connectivity index (χ3n) is 4.43. The van der Waals surface area contributed by atoms with Gasteiger partial charge in [-0.15, -0.1) is 0 Å². The average Bonchev–Trinajstić information content (AvgIpc) is 2.97. The van der Waals surface area contributed by atoms with Crippen molar-refractivity contribution < 1.29 is 22.7 Å². The van der Waals surface area contributed by atoms with Gasteiger partial charge in [0.05, 0.1) is 19.4 Å². The SMILES string of the molecule is CCOC(=O)c1nn(C)c2c1CN(C(=O)c1ccc(NS(C)(=O)=O)cc1)CC2. The van der Waals surface area contributed by atoms with Gasteiger partial charge in [-0.25, -0.2) is 13.2 Å². The first-order chi connectivity index (χ1) is 13.2. The lowest BCUT2D eigenvalue weighted by molar-refractivity contribution is 0.0513. The van der Waals surface area contributed by atoms with Crippen LogP contribution in [0, 0.1) is 0 Å². The van der Waals surface area contributed by atoms with Crippen LogP contribution in [0.3, 0.4) is 0 Å². The Bertz CT molecular complexity index is 1010. The van der Waals surface area contributed by atoms with E-state index in [1.807, 2.05) is 0 Å². The zero-order valence-corrected chi connectivity index (χ0v) is 16.7. The van der Waals surface area contributed by atoms with Crippen LogP contribution in [0.5, 0.6) is 0 Å². The minimum atomic E-state index is -3.38. The van der Waals surface area contributed by atoms with Crippen molar-refractivity contribution in [2.75, 3.05) is 24.1 Å². The van der Waals surface area contributed by atoms with Crippen LogP contribution in [-0.2, 0) is 34.8 Å². The van der Waals surface area contributed by atoms with Crippen molar-refractivity contribution in [1.29, 1.82) is 0 Å².